The fraction of sp³-hybridized carbons (Fsp3) is 0.529. The first-order valence-electron chi connectivity index (χ1n) is 7.69. The van der Waals surface area contributed by atoms with Crippen molar-refractivity contribution in [2.24, 2.45) is 11.8 Å². The Morgan fingerprint density at radius 2 is 1.91 bits per heavy atom. The molecule has 120 valence electrons. The molecule has 0 bridgehead atoms. The maximum Gasteiger partial charge on any atom is 0.338 e. The molecule has 1 saturated carbocycles. The van der Waals surface area contributed by atoms with Crippen molar-refractivity contribution < 1.29 is 18.7 Å². The molecular weight excluding hydrogens is 285 g/mol. The molecule has 1 aliphatic rings. The monoisotopic (exact) mass is 307 g/mol. The molecule has 5 heteroatoms. The zero-order valence-corrected chi connectivity index (χ0v) is 13.0. The number of carbonyl (C=O) groups is 2. The van der Waals surface area contributed by atoms with E-state index in [1.54, 1.807) is 0 Å². The van der Waals surface area contributed by atoms with E-state index in [1.807, 2.05) is 0 Å². The summed E-state index contributed by atoms with van der Waals surface area (Å²) >= 11 is 0. The summed E-state index contributed by atoms with van der Waals surface area (Å²) < 4.78 is 17.7. The van der Waals surface area contributed by atoms with E-state index in [0.717, 1.165) is 12.8 Å². The number of carbonyl (C=O) groups excluding carboxylic acids is 2. The molecule has 0 heterocycles. The van der Waals surface area contributed by atoms with Crippen LogP contribution in [0.15, 0.2) is 24.3 Å². The van der Waals surface area contributed by atoms with Crippen LogP contribution >= 0.6 is 0 Å². The Balaban J connectivity index is 1.80. The molecule has 0 unspecified atom stereocenters. The van der Waals surface area contributed by atoms with Crippen LogP contribution < -0.4 is 5.32 Å². The predicted octanol–water partition coefficient (Wildman–Crippen LogP) is 2.92. The van der Waals surface area contributed by atoms with Gasteiger partial charge >= 0.3 is 5.97 Å². The Hall–Kier alpha value is -1.91. The average Bonchev–Trinajstić information content (AvgIpc) is 2.50. The van der Waals surface area contributed by atoms with Gasteiger partial charge in [0.1, 0.15) is 5.82 Å². The van der Waals surface area contributed by atoms with Gasteiger partial charge in [-0.05, 0) is 42.5 Å². The minimum atomic E-state index is -0.625. The summed E-state index contributed by atoms with van der Waals surface area (Å²) in [5.74, 6) is -0.331. The third-order valence-electron chi connectivity index (χ3n) is 4.47. The summed E-state index contributed by atoms with van der Waals surface area (Å²) in [7, 11) is 0. The number of hydrogen-bond acceptors (Lipinski definition) is 3. The minimum absolute atomic E-state index is 0.140. The molecule has 1 aromatic carbocycles. The molecule has 22 heavy (non-hydrogen) atoms. The van der Waals surface area contributed by atoms with Gasteiger partial charge in [-0.3, -0.25) is 4.79 Å². The number of amides is 1. The van der Waals surface area contributed by atoms with Crippen molar-refractivity contribution in [2.45, 2.75) is 39.2 Å². The van der Waals surface area contributed by atoms with Gasteiger partial charge in [-0.25, -0.2) is 9.18 Å². The van der Waals surface area contributed by atoms with Gasteiger partial charge in [0.05, 0.1) is 5.56 Å². The summed E-state index contributed by atoms with van der Waals surface area (Å²) in [4.78, 5) is 23.6. The summed E-state index contributed by atoms with van der Waals surface area (Å²) in [5, 5.41) is 2.94. The van der Waals surface area contributed by atoms with Crippen LogP contribution in [-0.2, 0) is 9.53 Å². The van der Waals surface area contributed by atoms with Crippen LogP contribution in [0.2, 0.25) is 0 Å². The van der Waals surface area contributed by atoms with Crippen LogP contribution in [0.4, 0.5) is 4.39 Å². The van der Waals surface area contributed by atoms with E-state index in [2.05, 4.69) is 19.2 Å². The number of hydrogen-bond donors (Lipinski definition) is 1. The molecule has 0 aliphatic heterocycles. The van der Waals surface area contributed by atoms with E-state index < -0.39 is 11.8 Å². The number of ether oxygens (including phenoxy) is 1. The van der Waals surface area contributed by atoms with E-state index in [9.17, 15) is 14.0 Å². The Morgan fingerprint density at radius 1 is 1.23 bits per heavy atom. The molecule has 1 amide bonds. The van der Waals surface area contributed by atoms with Gasteiger partial charge in [0.15, 0.2) is 6.61 Å². The molecular formula is C17H22FNO3. The maximum absolute atomic E-state index is 12.8. The fourth-order valence-electron chi connectivity index (χ4n) is 2.83. The van der Waals surface area contributed by atoms with Gasteiger partial charge in [-0.1, -0.05) is 26.7 Å². The van der Waals surface area contributed by atoms with Crippen LogP contribution in [0.25, 0.3) is 0 Å². The molecule has 0 saturated heterocycles. The highest BCUT2D eigenvalue weighted by Gasteiger charge is 2.28. The Labute approximate surface area is 130 Å². The molecule has 0 radical (unpaired) electrons. The number of halogens is 1. The van der Waals surface area contributed by atoms with Crippen molar-refractivity contribution in [1.29, 1.82) is 0 Å². The zero-order chi connectivity index (χ0) is 16.1. The molecule has 0 aromatic heterocycles. The normalized spacial score (nSPS) is 24.6. The zero-order valence-electron chi connectivity index (χ0n) is 13.0. The average molecular weight is 307 g/mol. The van der Waals surface area contributed by atoms with Gasteiger partial charge in [0.2, 0.25) is 0 Å². The smallest absolute Gasteiger partial charge is 0.338 e. The Kier molecular flexibility index (Phi) is 5.52. The first-order chi connectivity index (χ1) is 10.5. The van der Waals surface area contributed by atoms with Gasteiger partial charge in [-0.2, -0.15) is 0 Å². The quantitative estimate of drug-likeness (QED) is 0.870. The maximum atomic E-state index is 12.8. The van der Waals surface area contributed by atoms with Crippen molar-refractivity contribution in [3.8, 4) is 0 Å². The molecule has 1 N–H and O–H groups in total. The number of esters is 1. The number of benzene rings is 1. The standard InChI is InChI=1S/C17H22FNO3/c1-11-4-3-5-15(12(11)2)19-16(20)10-22-17(21)13-6-8-14(18)9-7-13/h6-9,11-12,15H,3-5,10H2,1-2H3,(H,19,20)/t11-,12-,15+/m1/s1. The lowest BCUT2D eigenvalue weighted by molar-refractivity contribution is -0.125. The van der Waals surface area contributed by atoms with Crippen molar-refractivity contribution in [3.05, 3.63) is 35.6 Å². The summed E-state index contributed by atoms with van der Waals surface area (Å²) in [5.41, 5.74) is 0.230. The minimum Gasteiger partial charge on any atom is -0.452 e. The van der Waals surface area contributed by atoms with Crippen molar-refractivity contribution in [3.63, 3.8) is 0 Å². The van der Waals surface area contributed by atoms with E-state index in [-0.39, 0.29) is 24.1 Å². The molecule has 0 spiro atoms. The van der Waals surface area contributed by atoms with Crippen molar-refractivity contribution in [1.82, 2.24) is 5.32 Å². The van der Waals surface area contributed by atoms with Crippen LogP contribution in [0.3, 0.4) is 0 Å². The second-order valence-electron chi connectivity index (χ2n) is 6.02. The van der Waals surface area contributed by atoms with Crippen LogP contribution in [0.5, 0.6) is 0 Å². The van der Waals surface area contributed by atoms with E-state index >= 15 is 0 Å². The third-order valence-corrected chi connectivity index (χ3v) is 4.47. The Bertz CT molecular complexity index is 529. The van der Waals surface area contributed by atoms with Gasteiger partial charge in [0.25, 0.3) is 5.91 Å². The van der Waals surface area contributed by atoms with Gasteiger partial charge in [-0.15, -0.1) is 0 Å². The lowest BCUT2D eigenvalue weighted by Crippen LogP contribution is -2.45. The van der Waals surface area contributed by atoms with Crippen molar-refractivity contribution in [2.75, 3.05) is 6.61 Å². The fourth-order valence-corrected chi connectivity index (χ4v) is 2.83. The van der Waals surface area contributed by atoms with E-state index in [4.69, 9.17) is 4.74 Å². The van der Waals surface area contributed by atoms with Gasteiger partial charge in [0, 0.05) is 6.04 Å². The van der Waals surface area contributed by atoms with Gasteiger partial charge < -0.3 is 10.1 Å². The summed E-state index contributed by atoms with van der Waals surface area (Å²) in [6.45, 7) is 4.02. The first-order valence-corrected chi connectivity index (χ1v) is 7.69. The molecule has 1 fully saturated rings. The lowest BCUT2D eigenvalue weighted by atomic mass is 9.78. The SMILES string of the molecule is C[C@@H]1[C@H](C)CCC[C@@H]1NC(=O)COC(=O)c1ccc(F)cc1. The molecule has 1 aliphatic carbocycles. The molecule has 3 atom stereocenters. The lowest BCUT2D eigenvalue weighted by Gasteiger charge is -2.34. The number of nitrogens with one attached hydrogen (secondary N) is 1. The van der Waals surface area contributed by atoms with Crippen molar-refractivity contribution >= 4 is 11.9 Å². The highest BCUT2D eigenvalue weighted by atomic mass is 19.1. The highest BCUT2D eigenvalue weighted by molar-refractivity contribution is 5.91. The second-order valence-corrected chi connectivity index (χ2v) is 6.02. The van der Waals surface area contributed by atoms with Crippen LogP contribution in [-0.4, -0.2) is 24.5 Å². The van der Waals surface area contributed by atoms with Crippen LogP contribution in [0, 0.1) is 17.7 Å². The topological polar surface area (TPSA) is 55.4 Å². The summed E-state index contributed by atoms with van der Waals surface area (Å²) in [6.07, 6.45) is 3.25. The first kappa shape index (κ1) is 16.5. The highest BCUT2D eigenvalue weighted by Crippen LogP contribution is 2.29. The predicted molar refractivity (Wildman–Crippen MR) is 80.8 cm³/mol. The third kappa shape index (κ3) is 4.29. The Morgan fingerprint density at radius 3 is 2.59 bits per heavy atom. The molecule has 4 nitrogen and oxygen atoms in total. The second kappa shape index (κ2) is 7.38. The largest absolute Gasteiger partial charge is 0.452 e. The summed E-state index contributed by atoms with van der Waals surface area (Å²) in [6, 6.07) is 5.17. The molecule has 2 rings (SSSR count). The molecule has 1 aromatic rings. The van der Waals surface area contributed by atoms with E-state index in [0.29, 0.717) is 11.8 Å². The van der Waals surface area contributed by atoms with Crippen LogP contribution in [0.1, 0.15) is 43.5 Å². The van der Waals surface area contributed by atoms with E-state index in [1.165, 1.54) is 30.7 Å². The number of rotatable bonds is 4.